The molecule has 0 saturated carbocycles. The molecule has 2 aromatic carbocycles. The molecule has 3 rings (SSSR count). The Bertz CT molecular complexity index is 941. The number of carbonyl (C=O) groups is 1. The van der Waals surface area contributed by atoms with Gasteiger partial charge in [0.1, 0.15) is 30.3 Å². The lowest BCUT2D eigenvalue weighted by molar-refractivity contribution is 0.0439. The van der Waals surface area contributed by atoms with E-state index in [4.69, 9.17) is 14.2 Å². The van der Waals surface area contributed by atoms with Crippen LogP contribution in [0.2, 0.25) is 0 Å². The molecule has 0 bridgehead atoms. The van der Waals surface area contributed by atoms with Crippen molar-refractivity contribution < 1.29 is 27.8 Å². The van der Waals surface area contributed by atoms with Crippen LogP contribution in [-0.2, 0) is 4.74 Å². The van der Waals surface area contributed by atoms with Crippen LogP contribution >= 0.6 is 0 Å². The molecule has 5 nitrogen and oxygen atoms in total. The van der Waals surface area contributed by atoms with Crippen LogP contribution in [0.1, 0.15) is 10.4 Å². The fourth-order valence-electron chi connectivity index (χ4n) is 2.43. The Morgan fingerprint density at radius 1 is 1.04 bits per heavy atom. The monoisotopic (exact) mass is 359 g/mol. The lowest BCUT2D eigenvalue weighted by atomic mass is 10.2. The maximum atomic E-state index is 14.0. The first-order valence-corrected chi connectivity index (χ1v) is 7.77. The molecule has 134 valence electrons. The van der Waals surface area contributed by atoms with Gasteiger partial charge in [0.2, 0.25) is 0 Å². The van der Waals surface area contributed by atoms with Crippen molar-refractivity contribution in [1.82, 2.24) is 4.98 Å². The summed E-state index contributed by atoms with van der Waals surface area (Å²) in [5.41, 5.74) is -0.0266. The number of benzene rings is 2. The number of para-hydroxylation sites is 1. The molecule has 0 fully saturated rings. The first kappa shape index (κ1) is 17.6. The number of ether oxygens (including phenoxy) is 3. The number of carbonyl (C=O) groups excluding carboxylic acids is 1. The number of aromatic nitrogens is 1. The number of halogens is 2. The summed E-state index contributed by atoms with van der Waals surface area (Å²) in [7, 11) is 1.22. The highest BCUT2D eigenvalue weighted by Crippen LogP contribution is 2.24. The van der Waals surface area contributed by atoms with Crippen molar-refractivity contribution in [1.29, 1.82) is 0 Å². The van der Waals surface area contributed by atoms with E-state index in [1.54, 1.807) is 12.3 Å². The summed E-state index contributed by atoms with van der Waals surface area (Å²) >= 11 is 0. The Kier molecular flexibility index (Phi) is 5.26. The van der Waals surface area contributed by atoms with Crippen LogP contribution in [0.25, 0.3) is 10.9 Å². The number of nitrogens with zero attached hydrogens (tertiary/aromatic N) is 1. The molecular weight excluding hydrogens is 344 g/mol. The van der Waals surface area contributed by atoms with E-state index < -0.39 is 23.2 Å². The van der Waals surface area contributed by atoms with E-state index in [1.807, 2.05) is 24.3 Å². The van der Waals surface area contributed by atoms with Crippen LogP contribution in [0, 0.1) is 11.6 Å². The highest BCUT2D eigenvalue weighted by molar-refractivity contribution is 5.90. The Morgan fingerprint density at radius 3 is 2.65 bits per heavy atom. The number of pyridine rings is 1. The predicted octanol–water partition coefficient (Wildman–Crippen LogP) is 3.76. The second-order valence-corrected chi connectivity index (χ2v) is 5.25. The van der Waals surface area contributed by atoms with Crippen LogP contribution in [0.5, 0.6) is 11.5 Å². The van der Waals surface area contributed by atoms with Crippen LogP contribution in [0.15, 0.2) is 48.7 Å². The number of hydrogen-bond donors (Lipinski definition) is 0. The Labute approximate surface area is 148 Å². The zero-order valence-corrected chi connectivity index (χ0v) is 13.9. The highest BCUT2D eigenvalue weighted by atomic mass is 19.1. The zero-order valence-electron chi connectivity index (χ0n) is 13.9. The molecule has 0 N–H and O–H groups in total. The van der Waals surface area contributed by atoms with Gasteiger partial charge in [0.15, 0.2) is 11.6 Å². The third-order valence-corrected chi connectivity index (χ3v) is 3.66. The van der Waals surface area contributed by atoms with Gasteiger partial charge in [-0.1, -0.05) is 12.1 Å². The van der Waals surface area contributed by atoms with E-state index >= 15 is 0 Å². The smallest absolute Gasteiger partial charge is 0.344 e. The lowest BCUT2D eigenvalue weighted by Crippen LogP contribution is -2.15. The molecule has 0 unspecified atom stereocenters. The first-order valence-electron chi connectivity index (χ1n) is 7.77. The van der Waals surface area contributed by atoms with Crippen LogP contribution in [0.3, 0.4) is 0 Å². The van der Waals surface area contributed by atoms with Crippen molar-refractivity contribution in [3.8, 4) is 11.5 Å². The van der Waals surface area contributed by atoms with Gasteiger partial charge in [-0.25, -0.2) is 13.6 Å². The average molecular weight is 359 g/mol. The minimum absolute atomic E-state index is 0.0208. The van der Waals surface area contributed by atoms with E-state index in [0.717, 1.165) is 23.0 Å². The molecule has 0 aliphatic heterocycles. The van der Waals surface area contributed by atoms with Crippen molar-refractivity contribution in [2.24, 2.45) is 0 Å². The maximum absolute atomic E-state index is 14.0. The molecule has 7 heteroatoms. The molecule has 26 heavy (non-hydrogen) atoms. The van der Waals surface area contributed by atoms with Gasteiger partial charge in [-0.15, -0.1) is 0 Å². The van der Waals surface area contributed by atoms with E-state index in [1.165, 1.54) is 7.11 Å². The molecule has 0 atom stereocenters. The number of methoxy groups -OCH3 is 1. The SMILES string of the molecule is COc1ccc(F)c(C(=O)OCCOc2ccnc3ccccc23)c1F. The number of hydrogen-bond acceptors (Lipinski definition) is 5. The molecular formula is C19H15F2NO4. The van der Waals surface area contributed by atoms with Crippen LogP contribution < -0.4 is 9.47 Å². The molecule has 0 amide bonds. The van der Waals surface area contributed by atoms with Crippen LogP contribution in [-0.4, -0.2) is 31.3 Å². The second-order valence-electron chi connectivity index (χ2n) is 5.25. The van der Waals surface area contributed by atoms with Gasteiger partial charge in [0.05, 0.1) is 12.6 Å². The molecule has 0 saturated heterocycles. The maximum Gasteiger partial charge on any atom is 0.344 e. The molecule has 3 aromatic rings. The fourth-order valence-corrected chi connectivity index (χ4v) is 2.43. The minimum atomic E-state index is -1.12. The van der Waals surface area contributed by atoms with Crippen LogP contribution in [0.4, 0.5) is 8.78 Å². The second kappa shape index (κ2) is 7.77. The molecule has 0 aliphatic rings. The summed E-state index contributed by atoms with van der Waals surface area (Å²) in [6.07, 6.45) is 1.60. The van der Waals surface area contributed by atoms with Gasteiger partial charge in [-0.2, -0.15) is 0 Å². The number of esters is 1. The van der Waals surface area contributed by atoms with Crippen molar-refractivity contribution >= 4 is 16.9 Å². The summed E-state index contributed by atoms with van der Waals surface area (Å²) < 4.78 is 43.0. The van der Waals surface area contributed by atoms with Crippen molar-refractivity contribution in [3.63, 3.8) is 0 Å². The Hall–Kier alpha value is -3.22. The average Bonchev–Trinajstić information content (AvgIpc) is 2.65. The molecule has 0 aliphatic carbocycles. The van der Waals surface area contributed by atoms with Gasteiger partial charge in [-0.3, -0.25) is 4.98 Å². The van der Waals surface area contributed by atoms with Crippen molar-refractivity contribution in [3.05, 3.63) is 65.9 Å². The largest absolute Gasteiger partial charge is 0.494 e. The van der Waals surface area contributed by atoms with Gasteiger partial charge >= 0.3 is 5.97 Å². The van der Waals surface area contributed by atoms with E-state index in [9.17, 15) is 13.6 Å². The Balaban J connectivity index is 1.63. The van der Waals surface area contributed by atoms with Gasteiger partial charge in [0.25, 0.3) is 0 Å². The van der Waals surface area contributed by atoms with Crippen molar-refractivity contribution in [2.75, 3.05) is 20.3 Å². The molecule has 0 spiro atoms. The lowest BCUT2D eigenvalue weighted by Gasteiger charge is -2.11. The number of fused-ring (bicyclic) bond motifs is 1. The predicted molar refractivity (Wildman–Crippen MR) is 90.4 cm³/mol. The standard InChI is InChI=1S/C19H15F2NO4/c1-24-16-7-6-13(20)17(18(16)21)19(23)26-11-10-25-15-8-9-22-14-5-3-2-4-12(14)15/h2-9H,10-11H2,1H3. The van der Waals surface area contributed by atoms with E-state index in [-0.39, 0.29) is 19.0 Å². The molecule has 0 radical (unpaired) electrons. The summed E-state index contributed by atoms with van der Waals surface area (Å²) in [5.74, 6) is -2.90. The number of rotatable bonds is 6. The summed E-state index contributed by atoms with van der Waals surface area (Å²) in [6.45, 7) is -0.154. The quantitative estimate of drug-likeness (QED) is 0.495. The van der Waals surface area contributed by atoms with E-state index in [2.05, 4.69) is 4.98 Å². The third kappa shape index (κ3) is 3.56. The van der Waals surface area contributed by atoms with Gasteiger partial charge in [0, 0.05) is 11.6 Å². The third-order valence-electron chi connectivity index (χ3n) is 3.66. The first-order chi connectivity index (χ1) is 12.6. The van der Waals surface area contributed by atoms with Crippen molar-refractivity contribution in [2.45, 2.75) is 0 Å². The van der Waals surface area contributed by atoms with Gasteiger partial charge < -0.3 is 14.2 Å². The van der Waals surface area contributed by atoms with E-state index in [0.29, 0.717) is 5.75 Å². The summed E-state index contributed by atoms with van der Waals surface area (Å²) in [5, 5.41) is 0.811. The topological polar surface area (TPSA) is 57.7 Å². The summed E-state index contributed by atoms with van der Waals surface area (Å²) in [6, 6.07) is 11.1. The summed E-state index contributed by atoms with van der Waals surface area (Å²) in [4.78, 5) is 16.2. The minimum Gasteiger partial charge on any atom is -0.494 e. The zero-order chi connectivity index (χ0) is 18.5. The fraction of sp³-hybridized carbons (Fsp3) is 0.158. The normalized spacial score (nSPS) is 10.6. The molecule has 1 heterocycles. The van der Waals surface area contributed by atoms with Gasteiger partial charge in [-0.05, 0) is 30.3 Å². The Morgan fingerprint density at radius 2 is 1.85 bits per heavy atom. The highest BCUT2D eigenvalue weighted by Gasteiger charge is 2.22. The molecule has 1 aromatic heterocycles.